The number of aromatic nitrogens is 2. The molecule has 1 amide bonds. The molecule has 1 heterocycles. The maximum Gasteiger partial charge on any atom is 0.265 e. The Balaban J connectivity index is 2.09. The van der Waals surface area contributed by atoms with Crippen LogP contribution in [0.25, 0.3) is 11.0 Å². The molecule has 0 bridgehead atoms. The molecule has 160 valence electrons. The zero-order chi connectivity index (χ0) is 22.1. The van der Waals surface area contributed by atoms with Crippen LogP contribution < -0.4 is 4.72 Å². The number of benzene rings is 2. The molecule has 0 aliphatic carbocycles. The molecular formula is C21H23Cl2N3O3S. The Labute approximate surface area is 186 Å². The second-order valence-corrected chi connectivity index (χ2v) is 9.95. The highest BCUT2D eigenvalue weighted by atomic mass is 35.5. The van der Waals surface area contributed by atoms with E-state index in [1.165, 1.54) is 0 Å². The fraction of sp³-hybridized carbons (Fsp3) is 0.333. The Hall–Kier alpha value is -2.09. The van der Waals surface area contributed by atoms with Gasteiger partial charge in [0.15, 0.2) is 0 Å². The first-order valence-corrected chi connectivity index (χ1v) is 12.0. The standard InChI is InChI=1S/C21H23Cl2N3O3S/c1-4-5-8-30(28,29)26-21(27)17-11-19-20(25-13(3)24-19)12(2)16(17)9-14-6-7-15(22)10-18(14)23/h6-7,10-11H,4-5,8-9H2,1-3H3,(H,24,25)(H,26,27). The molecule has 3 rings (SSSR count). The molecule has 0 saturated carbocycles. The van der Waals surface area contributed by atoms with E-state index >= 15 is 0 Å². The Morgan fingerprint density at radius 2 is 1.93 bits per heavy atom. The number of carbonyl (C=O) groups is 1. The fourth-order valence-corrected chi connectivity index (χ4v) is 4.98. The molecule has 0 atom stereocenters. The van der Waals surface area contributed by atoms with Crippen molar-refractivity contribution in [3.05, 3.63) is 62.4 Å². The summed E-state index contributed by atoms with van der Waals surface area (Å²) in [4.78, 5) is 20.6. The second-order valence-electron chi connectivity index (χ2n) is 7.26. The summed E-state index contributed by atoms with van der Waals surface area (Å²) in [5.74, 6) is -0.0574. The van der Waals surface area contributed by atoms with Crippen LogP contribution in [0.4, 0.5) is 0 Å². The third-order valence-electron chi connectivity index (χ3n) is 4.91. The van der Waals surface area contributed by atoms with Gasteiger partial charge in [0.2, 0.25) is 10.0 Å². The van der Waals surface area contributed by atoms with E-state index < -0.39 is 15.9 Å². The van der Waals surface area contributed by atoms with Crippen molar-refractivity contribution in [2.75, 3.05) is 5.75 Å². The number of hydrogen-bond acceptors (Lipinski definition) is 4. The van der Waals surface area contributed by atoms with Crippen molar-refractivity contribution in [2.45, 2.75) is 40.0 Å². The quantitative estimate of drug-likeness (QED) is 0.514. The van der Waals surface area contributed by atoms with Gasteiger partial charge < -0.3 is 4.98 Å². The fourth-order valence-electron chi connectivity index (χ4n) is 3.34. The minimum absolute atomic E-state index is 0.0992. The lowest BCUT2D eigenvalue weighted by atomic mass is 9.94. The third-order valence-corrected chi connectivity index (χ3v) is 6.82. The van der Waals surface area contributed by atoms with Gasteiger partial charge in [0.25, 0.3) is 5.91 Å². The molecule has 3 aromatic rings. The number of amides is 1. The number of imidazole rings is 1. The number of halogens is 2. The predicted octanol–water partition coefficient (Wildman–Crippen LogP) is 4.94. The Morgan fingerprint density at radius 1 is 1.20 bits per heavy atom. The van der Waals surface area contributed by atoms with Gasteiger partial charge in [-0.1, -0.05) is 42.6 Å². The number of sulfonamides is 1. The van der Waals surface area contributed by atoms with Crippen LogP contribution in [-0.2, 0) is 16.4 Å². The van der Waals surface area contributed by atoms with Crippen molar-refractivity contribution < 1.29 is 13.2 Å². The summed E-state index contributed by atoms with van der Waals surface area (Å²) in [5, 5.41) is 0.987. The van der Waals surface area contributed by atoms with Gasteiger partial charge in [0.1, 0.15) is 5.82 Å². The topological polar surface area (TPSA) is 91.9 Å². The molecular weight excluding hydrogens is 445 g/mol. The number of rotatable bonds is 7. The number of unbranched alkanes of at least 4 members (excludes halogenated alkanes) is 1. The number of carbonyl (C=O) groups excluding carboxylic acids is 1. The minimum atomic E-state index is -3.72. The van der Waals surface area contributed by atoms with Gasteiger partial charge >= 0.3 is 0 Å². The van der Waals surface area contributed by atoms with E-state index in [1.807, 2.05) is 20.8 Å². The van der Waals surface area contributed by atoms with Crippen LogP contribution >= 0.6 is 23.2 Å². The van der Waals surface area contributed by atoms with Gasteiger partial charge in [0.05, 0.1) is 16.8 Å². The molecule has 9 heteroatoms. The van der Waals surface area contributed by atoms with Gasteiger partial charge in [0, 0.05) is 22.0 Å². The number of aromatic amines is 1. The summed E-state index contributed by atoms with van der Waals surface area (Å²) in [6.45, 7) is 5.58. The van der Waals surface area contributed by atoms with Gasteiger partial charge in [-0.2, -0.15) is 0 Å². The minimum Gasteiger partial charge on any atom is -0.342 e. The summed E-state index contributed by atoms with van der Waals surface area (Å²) in [7, 11) is -3.72. The SMILES string of the molecule is CCCCS(=O)(=O)NC(=O)c1cc2[nH]c(C)nc2c(C)c1Cc1ccc(Cl)cc1Cl. The molecule has 0 aliphatic heterocycles. The number of H-pyrrole nitrogens is 1. The van der Waals surface area contributed by atoms with Gasteiger partial charge in [-0.15, -0.1) is 0 Å². The lowest BCUT2D eigenvalue weighted by Crippen LogP contribution is -2.33. The average molecular weight is 468 g/mol. The van der Waals surface area contributed by atoms with Crippen molar-refractivity contribution in [1.82, 2.24) is 14.7 Å². The van der Waals surface area contributed by atoms with Crippen LogP contribution in [0.5, 0.6) is 0 Å². The van der Waals surface area contributed by atoms with E-state index in [2.05, 4.69) is 14.7 Å². The number of nitrogens with zero attached hydrogens (tertiary/aromatic N) is 1. The maximum atomic E-state index is 13.0. The van der Waals surface area contributed by atoms with Crippen LogP contribution in [-0.4, -0.2) is 30.0 Å². The summed E-state index contributed by atoms with van der Waals surface area (Å²) in [6, 6.07) is 6.81. The van der Waals surface area contributed by atoms with Crippen molar-refractivity contribution in [3.63, 3.8) is 0 Å². The van der Waals surface area contributed by atoms with Crippen LogP contribution in [0.1, 0.15) is 52.6 Å². The Kier molecular flexibility index (Phi) is 6.75. The molecule has 2 N–H and O–H groups in total. The van der Waals surface area contributed by atoms with Crippen LogP contribution in [0.3, 0.4) is 0 Å². The lowest BCUT2D eigenvalue weighted by Gasteiger charge is -2.15. The molecule has 1 aromatic heterocycles. The van der Waals surface area contributed by atoms with E-state index in [0.717, 1.165) is 16.6 Å². The highest BCUT2D eigenvalue weighted by Gasteiger charge is 2.22. The molecule has 2 aromatic carbocycles. The van der Waals surface area contributed by atoms with E-state index in [0.29, 0.717) is 46.2 Å². The first-order valence-electron chi connectivity index (χ1n) is 9.59. The zero-order valence-corrected chi connectivity index (χ0v) is 19.3. The smallest absolute Gasteiger partial charge is 0.265 e. The summed E-state index contributed by atoms with van der Waals surface area (Å²) < 4.78 is 26.8. The predicted molar refractivity (Wildman–Crippen MR) is 121 cm³/mol. The molecule has 0 spiro atoms. The molecule has 0 aliphatic rings. The molecule has 0 saturated heterocycles. The molecule has 30 heavy (non-hydrogen) atoms. The van der Waals surface area contributed by atoms with E-state index in [9.17, 15) is 13.2 Å². The zero-order valence-electron chi connectivity index (χ0n) is 17.0. The van der Waals surface area contributed by atoms with Crippen LogP contribution in [0.15, 0.2) is 24.3 Å². The summed E-state index contributed by atoms with van der Waals surface area (Å²) >= 11 is 12.3. The normalized spacial score (nSPS) is 11.8. The number of hydrogen-bond donors (Lipinski definition) is 2. The second kappa shape index (κ2) is 8.96. The summed E-state index contributed by atoms with van der Waals surface area (Å²) in [5.41, 5.74) is 3.92. The van der Waals surface area contributed by atoms with Crippen molar-refractivity contribution in [2.24, 2.45) is 0 Å². The molecule has 0 radical (unpaired) electrons. The number of aryl methyl sites for hydroxylation is 2. The lowest BCUT2D eigenvalue weighted by molar-refractivity contribution is 0.0980. The first kappa shape index (κ1) is 22.6. The van der Waals surface area contributed by atoms with Crippen molar-refractivity contribution in [1.29, 1.82) is 0 Å². The first-order chi connectivity index (χ1) is 14.1. The maximum absolute atomic E-state index is 13.0. The van der Waals surface area contributed by atoms with Crippen LogP contribution in [0.2, 0.25) is 10.0 Å². The highest BCUT2D eigenvalue weighted by Crippen LogP contribution is 2.30. The van der Waals surface area contributed by atoms with E-state index in [-0.39, 0.29) is 11.3 Å². The van der Waals surface area contributed by atoms with Gasteiger partial charge in [-0.25, -0.2) is 18.1 Å². The number of nitrogens with one attached hydrogen (secondary N) is 2. The third kappa shape index (κ3) is 4.96. The molecule has 0 unspecified atom stereocenters. The largest absolute Gasteiger partial charge is 0.342 e. The van der Waals surface area contributed by atoms with Crippen LogP contribution in [0, 0.1) is 13.8 Å². The van der Waals surface area contributed by atoms with Gasteiger partial charge in [-0.3, -0.25) is 4.79 Å². The average Bonchev–Trinajstić information content (AvgIpc) is 3.04. The number of fused-ring (bicyclic) bond motifs is 1. The van der Waals surface area contributed by atoms with E-state index in [1.54, 1.807) is 24.3 Å². The molecule has 0 fully saturated rings. The Morgan fingerprint density at radius 3 is 2.60 bits per heavy atom. The summed E-state index contributed by atoms with van der Waals surface area (Å²) in [6.07, 6.45) is 1.53. The monoisotopic (exact) mass is 467 g/mol. The van der Waals surface area contributed by atoms with Gasteiger partial charge in [-0.05, 0) is 55.2 Å². The highest BCUT2D eigenvalue weighted by molar-refractivity contribution is 7.90. The van der Waals surface area contributed by atoms with E-state index in [4.69, 9.17) is 23.2 Å². The van der Waals surface area contributed by atoms with Crippen molar-refractivity contribution in [3.8, 4) is 0 Å². The van der Waals surface area contributed by atoms with Crippen molar-refractivity contribution >= 4 is 50.2 Å². The Bertz CT molecular complexity index is 1220. The molecule has 6 nitrogen and oxygen atoms in total.